The lowest BCUT2D eigenvalue weighted by atomic mass is 9.91. The molecule has 2 aromatic heterocycles. The number of piperazine rings is 1. The van der Waals surface area contributed by atoms with Gasteiger partial charge in [-0.1, -0.05) is 0 Å². The summed E-state index contributed by atoms with van der Waals surface area (Å²) in [6.07, 6.45) is -3.75. The van der Waals surface area contributed by atoms with E-state index in [0.29, 0.717) is 19.6 Å². The van der Waals surface area contributed by atoms with Crippen molar-refractivity contribution in [3.63, 3.8) is 0 Å². The summed E-state index contributed by atoms with van der Waals surface area (Å²) in [5.74, 6) is -2.14. The van der Waals surface area contributed by atoms with E-state index in [1.54, 1.807) is 0 Å². The number of nitrogens with one attached hydrogen (secondary N) is 2. The summed E-state index contributed by atoms with van der Waals surface area (Å²) in [4.78, 5) is 10.2. The Morgan fingerprint density at radius 3 is 2.57 bits per heavy atom. The molecule has 184 valence electrons. The number of aryl methyl sites for hydroxylation is 1. The van der Waals surface area contributed by atoms with Gasteiger partial charge in [0.25, 0.3) is 0 Å². The van der Waals surface area contributed by atoms with E-state index in [1.165, 1.54) is 20.1 Å². The largest absolute Gasteiger partial charge is 0.467 e. The first-order valence-electron chi connectivity index (χ1n) is 10.9. The molecule has 1 aliphatic rings. The highest BCUT2D eigenvalue weighted by atomic mass is 19.4. The van der Waals surface area contributed by atoms with Crippen LogP contribution in [0.15, 0.2) is 18.3 Å². The monoisotopic (exact) mass is 492 g/mol. The van der Waals surface area contributed by atoms with E-state index in [-0.39, 0.29) is 45.2 Å². The van der Waals surface area contributed by atoms with Crippen molar-refractivity contribution >= 4 is 27.6 Å². The average molecular weight is 492 g/mol. The number of ether oxygens (including phenoxy) is 1. The molecule has 1 atom stereocenters. The van der Waals surface area contributed by atoms with Gasteiger partial charge in [0.1, 0.15) is 17.2 Å². The summed E-state index contributed by atoms with van der Waals surface area (Å²) in [5.41, 5.74) is -2.91. The Morgan fingerprint density at radius 2 is 1.89 bits per heavy atom. The smallest absolute Gasteiger partial charge is 0.417 e. The van der Waals surface area contributed by atoms with Crippen molar-refractivity contribution in [2.45, 2.75) is 26.1 Å². The summed E-state index contributed by atoms with van der Waals surface area (Å²) in [5, 5.41) is 9.63. The number of anilines is 1. The Morgan fingerprint density at radius 1 is 1.11 bits per heavy atom. The molecule has 1 unspecified atom stereocenters. The molecule has 0 aliphatic carbocycles. The lowest BCUT2D eigenvalue weighted by Gasteiger charge is -2.33. The second-order valence-electron chi connectivity index (χ2n) is 8.55. The van der Waals surface area contributed by atoms with Crippen LogP contribution in [0.3, 0.4) is 0 Å². The standard InChI is InChI=1S/C23H21F5N6O/c1-10-6-15-13(8-30-33-15)16(18(10)23(26,27)28)17-14(24)7-12-20(19(17)25)31-22(35-3)32-21(12)34-5-4-29-11(2)9-34/h6-8,11,29H,4-5,9H2,1-3H3,(H,30,33). The number of hydrogen-bond donors (Lipinski definition) is 2. The predicted molar refractivity (Wildman–Crippen MR) is 121 cm³/mol. The van der Waals surface area contributed by atoms with Crippen molar-refractivity contribution in [3.8, 4) is 17.1 Å². The number of alkyl halides is 3. The maximum Gasteiger partial charge on any atom is 0.417 e. The molecule has 3 heterocycles. The van der Waals surface area contributed by atoms with Crippen molar-refractivity contribution in [3.05, 3.63) is 41.1 Å². The Balaban J connectivity index is 1.85. The molecule has 4 aromatic rings. The molecule has 0 amide bonds. The number of rotatable bonds is 3. The first kappa shape index (κ1) is 23.2. The lowest BCUT2D eigenvalue weighted by molar-refractivity contribution is -0.137. The third-order valence-corrected chi connectivity index (χ3v) is 6.17. The van der Waals surface area contributed by atoms with Gasteiger partial charge in [-0.25, -0.2) is 8.78 Å². The predicted octanol–water partition coefficient (Wildman–Crippen LogP) is 4.59. The van der Waals surface area contributed by atoms with E-state index in [1.807, 2.05) is 11.8 Å². The van der Waals surface area contributed by atoms with Crippen LogP contribution in [0.25, 0.3) is 32.9 Å². The third-order valence-electron chi connectivity index (χ3n) is 6.17. The Kier molecular flexibility index (Phi) is 5.50. The molecule has 0 saturated carbocycles. The summed E-state index contributed by atoms with van der Waals surface area (Å²) >= 11 is 0. The molecule has 0 spiro atoms. The molecule has 12 heteroatoms. The normalized spacial score (nSPS) is 16.9. The summed E-state index contributed by atoms with van der Waals surface area (Å²) in [6.45, 7) is 4.83. The minimum atomic E-state index is -4.87. The van der Waals surface area contributed by atoms with Gasteiger partial charge in [-0.05, 0) is 31.5 Å². The topological polar surface area (TPSA) is 79.0 Å². The van der Waals surface area contributed by atoms with E-state index in [0.717, 1.165) is 12.3 Å². The Bertz CT molecular complexity index is 1450. The second kappa shape index (κ2) is 8.29. The minimum Gasteiger partial charge on any atom is -0.467 e. The molecular formula is C23H21F5N6O. The fraction of sp³-hybridized carbons (Fsp3) is 0.348. The number of aromatic nitrogens is 4. The highest BCUT2D eigenvalue weighted by Gasteiger charge is 2.39. The van der Waals surface area contributed by atoms with Gasteiger partial charge in [0.2, 0.25) is 0 Å². The van der Waals surface area contributed by atoms with Crippen molar-refractivity contribution in [1.82, 2.24) is 25.5 Å². The molecule has 1 saturated heterocycles. The van der Waals surface area contributed by atoms with E-state index in [4.69, 9.17) is 4.74 Å². The Labute approximate surface area is 196 Å². The fourth-order valence-electron chi connectivity index (χ4n) is 4.70. The van der Waals surface area contributed by atoms with Crippen LogP contribution in [0.1, 0.15) is 18.1 Å². The van der Waals surface area contributed by atoms with E-state index < -0.39 is 34.5 Å². The fourth-order valence-corrected chi connectivity index (χ4v) is 4.70. The number of methoxy groups -OCH3 is 1. The van der Waals surface area contributed by atoms with Gasteiger partial charge in [0, 0.05) is 42.0 Å². The van der Waals surface area contributed by atoms with Crippen LogP contribution >= 0.6 is 0 Å². The molecule has 0 radical (unpaired) electrons. The number of aromatic amines is 1. The van der Waals surface area contributed by atoms with E-state index in [9.17, 15) is 13.2 Å². The molecule has 2 N–H and O–H groups in total. The molecule has 1 aliphatic heterocycles. The molecule has 5 rings (SSSR count). The van der Waals surface area contributed by atoms with Crippen LogP contribution in [0, 0.1) is 18.6 Å². The molecular weight excluding hydrogens is 471 g/mol. The van der Waals surface area contributed by atoms with Crippen LogP contribution in [-0.4, -0.2) is 53.0 Å². The van der Waals surface area contributed by atoms with Gasteiger partial charge in [-0.15, -0.1) is 0 Å². The first-order chi connectivity index (χ1) is 16.6. The van der Waals surface area contributed by atoms with Gasteiger partial charge in [-0.3, -0.25) is 5.10 Å². The van der Waals surface area contributed by atoms with Gasteiger partial charge in [0.05, 0.1) is 30.0 Å². The zero-order valence-corrected chi connectivity index (χ0v) is 19.0. The van der Waals surface area contributed by atoms with Crippen LogP contribution in [0.2, 0.25) is 0 Å². The van der Waals surface area contributed by atoms with Crippen molar-refractivity contribution in [2.75, 3.05) is 31.6 Å². The zero-order chi connectivity index (χ0) is 25.1. The number of H-pyrrole nitrogens is 1. The number of halogens is 5. The second-order valence-corrected chi connectivity index (χ2v) is 8.55. The number of benzene rings is 2. The lowest BCUT2D eigenvalue weighted by Crippen LogP contribution is -2.49. The highest BCUT2D eigenvalue weighted by molar-refractivity contribution is 6.01. The van der Waals surface area contributed by atoms with Gasteiger partial charge in [0.15, 0.2) is 5.82 Å². The molecule has 1 fully saturated rings. The third kappa shape index (κ3) is 3.81. The maximum atomic E-state index is 16.1. The SMILES string of the molecule is COc1nc(N2CCNC(C)C2)c2cc(F)c(-c3c(C(F)(F)F)c(C)cc4[nH]ncc34)c(F)c2n1. The minimum absolute atomic E-state index is 0.0447. The summed E-state index contributed by atoms with van der Waals surface area (Å²) in [7, 11) is 1.30. The van der Waals surface area contributed by atoms with Crippen molar-refractivity contribution < 1.29 is 26.7 Å². The molecule has 7 nitrogen and oxygen atoms in total. The first-order valence-corrected chi connectivity index (χ1v) is 10.9. The summed E-state index contributed by atoms with van der Waals surface area (Å²) in [6, 6.07) is 2.15. The van der Waals surface area contributed by atoms with Gasteiger partial charge < -0.3 is 15.0 Å². The summed E-state index contributed by atoms with van der Waals surface area (Å²) < 4.78 is 79.3. The van der Waals surface area contributed by atoms with E-state index in [2.05, 4.69) is 25.5 Å². The molecule has 2 aromatic carbocycles. The van der Waals surface area contributed by atoms with Crippen LogP contribution < -0.4 is 15.0 Å². The van der Waals surface area contributed by atoms with E-state index >= 15 is 8.78 Å². The van der Waals surface area contributed by atoms with Crippen LogP contribution in [-0.2, 0) is 6.18 Å². The molecule has 0 bridgehead atoms. The zero-order valence-electron chi connectivity index (χ0n) is 19.0. The average Bonchev–Trinajstić information content (AvgIpc) is 3.25. The number of nitrogens with zero attached hydrogens (tertiary/aromatic N) is 4. The maximum absolute atomic E-state index is 16.1. The quantitative estimate of drug-likeness (QED) is 0.408. The van der Waals surface area contributed by atoms with Gasteiger partial charge in [-0.2, -0.15) is 28.2 Å². The Hall–Kier alpha value is -3.54. The molecule has 35 heavy (non-hydrogen) atoms. The van der Waals surface area contributed by atoms with Gasteiger partial charge >= 0.3 is 12.2 Å². The highest BCUT2D eigenvalue weighted by Crippen LogP contribution is 2.46. The van der Waals surface area contributed by atoms with Crippen LogP contribution in [0.4, 0.5) is 27.8 Å². The van der Waals surface area contributed by atoms with Crippen molar-refractivity contribution in [1.29, 1.82) is 0 Å². The van der Waals surface area contributed by atoms with Crippen molar-refractivity contribution in [2.24, 2.45) is 0 Å². The number of hydrogen-bond acceptors (Lipinski definition) is 6. The number of fused-ring (bicyclic) bond motifs is 2. The van der Waals surface area contributed by atoms with Crippen LogP contribution in [0.5, 0.6) is 6.01 Å².